The molecular weight excluding hydrogens is 374 g/mol. The van der Waals surface area contributed by atoms with Crippen LogP contribution in [0.5, 0.6) is 5.75 Å². The van der Waals surface area contributed by atoms with Gasteiger partial charge in [-0.05, 0) is 42.3 Å². The minimum Gasteiger partial charge on any atom is -0.496 e. The van der Waals surface area contributed by atoms with Crippen LogP contribution in [0, 0.1) is 0 Å². The number of esters is 1. The highest BCUT2D eigenvalue weighted by molar-refractivity contribution is 9.10. The van der Waals surface area contributed by atoms with Gasteiger partial charge in [0.1, 0.15) is 5.75 Å². The number of carbonyl (C=O) groups is 2. The van der Waals surface area contributed by atoms with Gasteiger partial charge in [-0.1, -0.05) is 34.1 Å². The van der Waals surface area contributed by atoms with Crippen LogP contribution < -0.4 is 10.1 Å². The van der Waals surface area contributed by atoms with Gasteiger partial charge in [-0.15, -0.1) is 0 Å². The van der Waals surface area contributed by atoms with Gasteiger partial charge in [-0.25, -0.2) is 0 Å². The first-order chi connectivity index (χ1) is 11.6. The third-order valence-corrected chi connectivity index (χ3v) is 3.81. The lowest BCUT2D eigenvalue weighted by atomic mass is 10.1. The second-order valence-corrected chi connectivity index (χ2v) is 5.94. The minimum absolute atomic E-state index is 0.186. The van der Waals surface area contributed by atoms with E-state index in [0.717, 1.165) is 15.8 Å². The number of amides is 1. The van der Waals surface area contributed by atoms with Gasteiger partial charge in [0.15, 0.2) is 6.61 Å². The van der Waals surface area contributed by atoms with Gasteiger partial charge in [0.25, 0.3) is 5.91 Å². The van der Waals surface area contributed by atoms with Gasteiger partial charge >= 0.3 is 5.97 Å². The van der Waals surface area contributed by atoms with Crippen molar-refractivity contribution in [3.63, 3.8) is 0 Å². The van der Waals surface area contributed by atoms with Gasteiger partial charge in [0.2, 0.25) is 0 Å². The normalized spacial score (nSPS) is 10.1. The molecule has 2 aromatic rings. The summed E-state index contributed by atoms with van der Waals surface area (Å²) in [5.74, 6) is -0.0619. The van der Waals surface area contributed by atoms with Crippen LogP contribution in [0.15, 0.2) is 53.0 Å². The van der Waals surface area contributed by atoms with Gasteiger partial charge in [-0.3, -0.25) is 9.59 Å². The number of para-hydroxylation sites is 1. The van der Waals surface area contributed by atoms with Crippen molar-refractivity contribution in [2.24, 2.45) is 0 Å². The van der Waals surface area contributed by atoms with E-state index in [1.54, 1.807) is 19.2 Å². The van der Waals surface area contributed by atoms with Crippen LogP contribution in [-0.2, 0) is 20.7 Å². The Hall–Kier alpha value is -2.34. The molecule has 1 N–H and O–H groups in total. The van der Waals surface area contributed by atoms with Crippen LogP contribution in [0.1, 0.15) is 12.0 Å². The van der Waals surface area contributed by atoms with Crippen LogP contribution in [-0.4, -0.2) is 25.6 Å². The van der Waals surface area contributed by atoms with Crippen LogP contribution >= 0.6 is 15.9 Å². The van der Waals surface area contributed by atoms with Crippen molar-refractivity contribution in [2.75, 3.05) is 19.0 Å². The number of aryl methyl sites for hydroxylation is 1. The molecule has 0 saturated carbocycles. The van der Waals surface area contributed by atoms with Crippen molar-refractivity contribution >= 4 is 33.5 Å². The second kappa shape index (κ2) is 9.08. The number of methoxy groups -OCH3 is 1. The fraction of sp³-hybridized carbons (Fsp3) is 0.222. The number of anilines is 1. The largest absolute Gasteiger partial charge is 0.496 e. The molecule has 0 spiro atoms. The Bertz CT molecular complexity index is 700. The summed E-state index contributed by atoms with van der Waals surface area (Å²) in [6.07, 6.45) is 0.684. The molecule has 0 aliphatic carbocycles. The molecule has 2 aromatic carbocycles. The van der Waals surface area contributed by atoms with E-state index in [1.165, 1.54) is 0 Å². The van der Waals surface area contributed by atoms with Crippen molar-refractivity contribution in [1.29, 1.82) is 0 Å². The van der Waals surface area contributed by atoms with E-state index < -0.39 is 5.97 Å². The van der Waals surface area contributed by atoms with Crippen LogP contribution in [0.2, 0.25) is 0 Å². The molecule has 2 rings (SSSR count). The Balaban J connectivity index is 1.74. The quantitative estimate of drug-likeness (QED) is 0.732. The zero-order valence-corrected chi connectivity index (χ0v) is 14.8. The zero-order chi connectivity index (χ0) is 17.4. The third-order valence-electron chi connectivity index (χ3n) is 3.28. The van der Waals surface area contributed by atoms with Crippen molar-refractivity contribution < 1.29 is 19.1 Å². The average Bonchev–Trinajstić information content (AvgIpc) is 2.60. The third kappa shape index (κ3) is 5.70. The number of benzene rings is 2. The first-order valence-electron chi connectivity index (χ1n) is 7.41. The highest BCUT2D eigenvalue weighted by Gasteiger charge is 2.10. The molecule has 0 aromatic heterocycles. The molecule has 0 unspecified atom stereocenters. The maximum atomic E-state index is 11.8. The Morgan fingerprint density at radius 1 is 1.08 bits per heavy atom. The van der Waals surface area contributed by atoms with Crippen molar-refractivity contribution in [3.8, 4) is 5.75 Å². The maximum Gasteiger partial charge on any atom is 0.306 e. The van der Waals surface area contributed by atoms with Gasteiger partial charge in [-0.2, -0.15) is 0 Å². The summed E-state index contributed by atoms with van der Waals surface area (Å²) in [4.78, 5) is 23.5. The molecule has 0 aliphatic heterocycles. The van der Waals surface area contributed by atoms with E-state index in [-0.39, 0.29) is 18.9 Å². The Kier molecular flexibility index (Phi) is 6.81. The van der Waals surface area contributed by atoms with E-state index in [2.05, 4.69) is 21.2 Å². The Labute approximate surface area is 149 Å². The first kappa shape index (κ1) is 18.0. The number of rotatable bonds is 7. The van der Waals surface area contributed by atoms with E-state index in [4.69, 9.17) is 9.47 Å². The molecule has 0 radical (unpaired) electrons. The number of halogens is 1. The molecular formula is C18H18BrNO4. The van der Waals surface area contributed by atoms with Gasteiger partial charge < -0.3 is 14.8 Å². The smallest absolute Gasteiger partial charge is 0.306 e. The topological polar surface area (TPSA) is 64.6 Å². The molecule has 0 atom stereocenters. The number of nitrogens with one attached hydrogen (secondary N) is 1. The summed E-state index contributed by atoms with van der Waals surface area (Å²) in [7, 11) is 1.59. The molecule has 24 heavy (non-hydrogen) atoms. The zero-order valence-electron chi connectivity index (χ0n) is 13.3. The summed E-state index contributed by atoms with van der Waals surface area (Å²) < 4.78 is 11.1. The molecule has 6 heteroatoms. The predicted octanol–water partition coefficient (Wildman–Crippen LogP) is 3.57. The summed E-state index contributed by atoms with van der Waals surface area (Å²) in [6, 6.07) is 14.6. The SMILES string of the molecule is COc1ccccc1CCC(=O)OCC(=O)Nc1ccc(Br)cc1. The minimum atomic E-state index is -0.424. The lowest BCUT2D eigenvalue weighted by Crippen LogP contribution is -2.21. The van der Waals surface area contributed by atoms with E-state index >= 15 is 0 Å². The fourth-order valence-corrected chi connectivity index (χ4v) is 2.36. The van der Waals surface area contributed by atoms with Crippen molar-refractivity contribution in [2.45, 2.75) is 12.8 Å². The molecule has 0 bridgehead atoms. The number of ether oxygens (including phenoxy) is 2. The molecule has 0 aliphatic rings. The summed E-state index contributed by atoms with van der Waals surface area (Å²) in [5.41, 5.74) is 1.57. The predicted molar refractivity (Wildman–Crippen MR) is 95.0 cm³/mol. The summed E-state index contributed by atoms with van der Waals surface area (Å²) >= 11 is 3.32. The molecule has 0 fully saturated rings. The number of hydrogen-bond donors (Lipinski definition) is 1. The Morgan fingerprint density at radius 2 is 1.79 bits per heavy atom. The molecule has 126 valence electrons. The molecule has 5 nitrogen and oxygen atoms in total. The molecule has 1 amide bonds. The van der Waals surface area contributed by atoms with Crippen molar-refractivity contribution in [1.82, 2.24) is 0 Å². The first-order valence-corrected chi connectivity index (χ1v) is 8.20. The highest BCUT2D eigenvalue weighted by atomic mass is 79.9. The summed E-state index contributed by atoms with van der Waals surface area (Å²) in [5, 5.41) is 2.66. The number of carbonyl (C=O) groups excluding carboxylic acids is 2. The standard InChI is InChI=1S/C18H18BrNO4/c1-23-16-5-3-2-4-13(16)6-11-18(22)24-12-17(21)20-15-9-7-14(19)8-10-15/h2-5,7-10H,6,11-12H2,1H3,(H,20,21). The molecule has 0 saturated heterocycles. The van der Waals surface area contributed by atoms with E-state index in [9.17, 15) is 9.59 Å². The number of hydrogen-bond acceptors (Lipinski definition) is 4. The van der Waals surface area contributed by atoms with Crippen LogP contribution in [0.4, 0.5) is 5.69 Å². The Morgan fingerprint density at radius 3 is 2.50 bits per heavy atom. The summed E-state index contributed by atoms with van der Waals surface area (Å²) in [6.45, 7) is -0.305. The maximum absolute atomic E-state index is 11.8. The second-order valence-electron chi connectivity index (χ2n) is 5.03. The van der Waals surface area contributed by atoms with Crippen LogP contribution in [0.3, 0.4) is 0 Å². The molecule has 0 heterocycles. The van der Waals surface area contributed by atoms with Crippen molar-refractivity contribution in [3.05, 3.63) is 58.6 Å². The average molecular weight is 392 g/mol. The lowest BCUT2D eigenvalue weighted by Gasteiger charge is -2.09. The fourth-order valence-electron chi connectivity index (χ4n) is 2.09. The van der Waals surface area contributed by atoms with Gasteiger partial charge in [0.05, 0.1) is 7.11 Å². The lowest BCUT2D eigenvalue weighted by molar-refractivity contribution is -0.147. The van der Waals surface area contributed by atoms with E-state index in [0.29, 0.717) is 12.1 Å². The highest BCUT2D eigenvalue weighted by Crippen LogP contribution is 2.19. The monoisotopic (exact) mass is 391 g/mol. The van der Waals surface area contributed by atoms with Gasteiger partial charge in [0, 0.05) is 16.6 Å². The van der Waals surface area contributed by atoms with Crippen LogP contribution in [0.25, 0.3) is 0 Å². The van der Waals surface area contributed by atoms with E-state index in [1.807, 2.05) is 36.4 Å².